The van der Waals surface area contributed by atoms with E-state index in [1.54, 1.807) is 4.90 Å². The van der Waals surface area contributed by atoms with Crippen molar-refractivity contribution in [2.75, 3.05) is 49.1 Å². The molecule has 0 aromatic carbocycles. The zero-order chi connectivity index (χ0) is 21.8. The zero-order valence-corrected chi connectivity index (χ0v) is 18.9. The average Bonchev–Trinajstić information content (AvgIpc) is 3.29. The van der Waals surface area contributed by atoms with E-state index >= 15 is 0 Å². The summed E-state index contributed by atoms with van der Waals surface area (Å²) in [5, 5.41) is 10.1. The molecule has 0 aliphatic carbocycles. The molecule has 4 heterocycles. The van der Waals surface area contributed by atoms with Crippen molar-refractivity contribution in [2.24, 2.45) is 11.8 Å². The van der Waals surface area contributed by atoms with Gasteiger partial charge in [-0.2, -0.15) is 0 Å². The SMILES string of the molecule is CCOC(=O)C1CCN(C(=O)C2CCN(c3nnc(N4CCCCC4=O)s3)CC2)CC1. The number of anilines is 2. The van der Waals surface area contributed by atoms with Crippen molar-refractivity contribution in [1.29, 1.82) is 0 Å². The van der Waals surface area contributed by atoms with Crippen molar-refractivity contribution >= 4 is 39.4 Å². The third-order valence-corrected chi connectivity index (χ3v) is 7.51. The third-order valence-electron chi connectivity index (χ3n) is 6.50. The molecule has 3 saturated heterocycles. The summed E-state index contributed by atoms with van der Waals surface area (Å²) >= 11 is 1.46. The summed E-state index contributed by atoms with van der Waals surface area (Å²) in [7, 11) is 0. The molecule has 0 saturated carbocycles. The standard InChI is InChI=1S/C21H31N5O4S/c1-2-30-19(29)16-8-11-24(12-9-16)18(28)15-6-13-25(14-7-15)20-22-23-21(31-20)26-10-4-3-5-17(26)27/h15-16H,2-14H2,1H3. The number of ether oxygens (including phenoxy) is 1. The highest BCUT2D eigenvalue weighted by molar-refractivity contribution is 7.19. The first-order valence-corrected chi connectivity index (χ1v) is 12.2. The fourth-order valence-corrected chi connectivity index (χ4v) is 5.57. The Hall–Kier alpha value is -2.23. The summed E-state index contributed by atoms with van der Waals surface area (Å²) in [4.78, 5) is 42.8. The van der Waals surface area contributed by atoms with Gasteiger partial charge in [-0.05, 0) is 45.4 Å². The molecule has 0 radical (unpaired) electrons. The molecule has 31 heavy (non-hydrogen) atoms. The summed E-state index contributed by atoms with van der Waals surface area (Å²) in [5.41, 5.74) is 0. The number of carbonyl (C=O) groups excluding carboxylic acids is 3. The number of nitrogens with zero attached hydrogens (tertiary/aromatic N) is 5. The zero-order valence-electron chi connectivity index (χ0n) is 18.1. The number of hydrogen-bond donors (Lipinski definition) is 0. The molecule has 0 unspecified atom stereocenters. The van der Waals surface area contributed by atoms with E-state index in [0.717, 1.165) is 50.4 Å². The van der Waals surface area contributed by atoms with Gasteiger partial charge >= 0.3 is 5.97 Å². The van der Waals surface area contributed by atoms with E-state index in [2.05, 4.69) is 15.1 Å². The number of aromatic nitrogens is 2. The Balaban J connectivity index is 1.26. The van der Waals surface area contributed by atoms with Crippen molar-refractivity contribution in [2.45, 2.75) is 51.9 Å². The lowest BCUT2D eigenvalue weighted by Gasteiger charge is -2.36. The highest BCUT2D eigenvalue weighted by Gasteiger charge is 2.34. The minimum Gasteiger partial charge on any atom is -0.466 e. The molecule has 0 N–H and O–H groups in total. The monoisotopic (exact) mass is 449 g/mol. The molecular weight excluding hydrogens is 418 g/mol. The summed E-state index contributed by atoms with van der Waals surface area (Å²) in [6.07, 6.45) is 5.48. The molecule has 3 aliphatic heterocycles. The molecule has 10 heteroatoms. The smallest absolute Gasteiger partial charge is 0.309 e. The lowest BCUT2D eigenvalue weighted by Crippen LogP contribution is -2.46. The number of hydrogen-bond acceptors (Lipinski definition) is 8. The molecule has 0 bridgehead atoms. The second kappa shape index (κ2) is 9.93. The van der Waals surface area contributed by atoms with E-state index in [1.807, 2.05) is 11.8 Å². The van der Waals surface area contributed by atoms with Crippen molar-refractivity contribution in [3.8, 4) is 0 Å². The Morgan fingerprint density at radius 3 is 2.32 bits per heavy atom. The van der Waals surface area contributed by atoms with Crippen molar-refractivity contribution < 1.29 is 19.1 Å². The molecular formula is C21H31N5O4S. The van der Waals surface area contributed by atoms with Crippen molar-refractivity contribution in [3.63, 3.8) is 0 Å². The number of piperidine rings is 3. The number of amides is 2. The Bertz CT molecular complexity index is 799. The molecule has 3 aliphatic rings. The maximum absolute atomic E-state index is 13.0. The van der Waals surface area contributed by atoms with Gasteiger partial charge in [0.15, 0.2) is 0 Å². The summed E-state index contributed by atoms with van der Waals surface area (Å²) in [5.74, 6) is 0.144. The minimum absolute atomic E-state index is 0.0199. The van der Waals surface area contributed by atoms with Gasteiger partial charge < -0.3 is 14.5 Å². The number of likely N-dealkylation sites (tertiary alicyclic amines) is 1. The van der Waals surface area contributed by atoms with Crippen LogP contribution in [0.25, 0.3) is 0 Å². The van der Waals surface area contributed by atoms with Crippen molar-refractivity contribution in [3.05, 3.63) is 0 Å². The van der Waals surface area contributed by atoms with Crippen LogP contribution in [0.3, 0.4) is 0 Å². The van der Waals surface area contributed by atoms with Gasteiger partial charge in [0.05, 0.1) is 12.5 Å². The van der Waals surface area contributed by atoms with Gasteiger partial charge in [0.1, 0.15) is 0 Å². The molecule has 1 aromatic heterocycles. The van der Waals surface area contributed by atoms with Crippen LogP contribution in [-0.4, -0.2) is 72.2 Å². The predicted molar refractivity (Wildman–Crippen MR) is 117 cm³/mol. The van der Waals surface area contributed by atoms with E-state index < -0.39 is 0 Å². The topological polar surface area (TPSA) is 95.9 Å². The van der Waals surface area contributed by atoms with E-state index in [9.17, 15) is 14.4 Å². The number of esters is 1. The normalized spacial score (nSPS) is 21.5. The molecule has 9 nitrogen and oxygen atoms in total. The average molecular weight is 450 g/mol. The van der Waals surface area contributed by atoms with Gasteiger partial charge in [-0.1, -0.05) is 11.3 Å². The Morgan fingerprint density at radius 2 is 1.65 bits per heavy atom. The first-order chi connectivity index (χ1) is 15.1. The Morgan fingerprint density at radius 1 is 0.968 bits per heavy atom. The fourth-order valence-electron chi connectivity index (χ4n) is 4.62. The Kier molecular flexibility index (Phi) is 7.04. The van der Waals surface area contributed by atoms with E-state index in [4.69, 9.17) is 4.74 Å². The van der Waals surface area contributed by atoms with Crippen molar-refractivity contribution in [1.82, 2.24) is 15.1 Å². The third kappa shape index (κ3) is 4.99. The maximum Gasteiger partial charge on any atom is 0.309 e. The molecule has 3 fully saturated rings. The first kappa shape index (κ1) is 22.0. The lowest BCUT2D eigenvalue weighted by atomic mass is 9.92. The minimum atomic E-state index is -0.134. The Labute approximate surface area is 186 Å². The maximum atomic E-state index is 13.0. The van der Waals surface area contributed by atoms with Gasteiger partial charge in [-0.25, -0.2) is 0 Å². The van der Waals surface area contributed by atoms with Gasteiger partial charge in [0, 0.05) is 45.1 Å². The lowest BCUT2D eigenvalue weighted by molar-refractivity contribution is -0.151. The van der Waals surface area contributed by atoms with Crippen LogP contribution in [0.4, 0.5) is 10.3 Å². The molecule has 2 amide bonds. The summed E-state index contributed by atoms with van der Waals surface area (Å²) < 4.78 is 5.11. The van der Waals surface area contributed by atoms with Crippen LogP contribution in [0.5, 0.6) is 0 Å². The van der Waals surface area contributed by atoms with Crippen LogP contribution in [0, 0.1) is 11.8 Å². The molecule has 0 spiro atoms. The van der Waals surface area contributed by atoms with Gasteiger partial charge in [0.2, 0.25) is 22.1 Å². The molecule has 4 rings (SSSR count). The summed E-state index contributed by atoms with van der Waals surface area (Å²) in [6.45, 7) is 5.73. The fraction of sp³-hybridized carbons (Fsp3) is 0.762. The quantitative estimate of drug-likeness (QED) is 0.635. The first-order valence-electron chi connectivity index (χ1n) is 11.4. The second-order valence-electron chi connectivity index (χ2n) is 8.48. The van der Waals surface area contributed by atoms with Gasteiger partial charge in [-0.3, -0.25) is 19.3 Å². The van der Waals surface area contributed by atoms with E-state index in [-0.39, 0.29) is 29.6 Å². The van der Waals surface area contributed by atoms with E-state index in [1.165, 1.54) is 11.3 Å². The van der Waals surface area contributed by atoms with Crippen LogP contribution in [0.1, 0.15) is 51.9 Å². The largest absolute Gasteiger partial charge is 0.466 e. The van der Waals surface area contributed by atoms with Crippen LogP contribution in [0.2, 0.25) is 0 Å². The van der Waals surface area contributed by atoms with Crippen LogP contribution in [0.15, 0.2) is 0 Å². The van der Waals surface area contributed by atoms with Gasteiger partial charge in [-0.15, -0.1) is 10.2 Å². The molecule has 170 valence electrons. The number of carbonyl (C=O) groups is 3. The predicted octanol–water partition coefficient (Wildman–Crippen LogP) is 2.07. The van der Waals surface area contributed by atoms with Crippen LogP contribution < -0.4 is 9.80 Å². The van der Waals surface area contributed by atoms with E-state index in [0.29, 0.717) is 44.1 Å². The second-order valence-corrected chi connectivity index (χ2v) is 9.42. The van der Waals surface area contributed by atoms with Crippen LogP contribution >= 0.6 is 11.3 Å². The molecule has 1 aromatic rings. The van der Waals surface area contributed by atoms with Crippen LogP contribution in [-0.2, 0) is 19.1 Å². The molecule has 0 atom stereocenters. The van der Waals surface area contributed by atoms with Gasteiger partial charge in [0.25, 0.3) is 0 Å². The highest BCUT2D eigenvalue weighted by Crippen LogP contribution is 2.32. The summed E-state index contributed by atoms with van der Waals surface area (Å²) in [6, 6.07) is 0. The highest BCUT2D eigenvalue weighted by atomic mass is 32.1. The number of rotatable bonds is 5.